The summed E-state index contributed by atoms with van der Waals surface area (Å²) in [4.78, 5) is 51.8. The molecule has 10 heteroatoms. The Morgan fingerprint density at radius 1 is 1.06 bits per heavy atom. The molecule has 0 atom stereocenters. The minimum absolute atomic E-state index is 0.0448. The summed E-state index contributed by atoms with van der Waals surface area (Å²) in [5, 5.41) is 14.9. The van der Waals surface area contributed by atoms with Crippen LogP contribution in [-0.2, 0) is 14.4 Å². The molecule has 1 aromatic carbocycles. The molecule has 4 heterocycles. The Morgan fingerprint density at radius 2 is 1.77 bits per heavy atom. The molecule has 0 unspecified atom stereocenters. The smallest absolute Gasteiger partial charge is 0.356 e. The highest BCUT2D eigenvalue weighted by atomic mass is 16.7. The molecular weight excluding hydrogens is 448 g/mol. The second-order valence-electron chi connectivity index (χ2n) is 8.48. The van der Waals surface area contributed by atoms with Crippen LogP contribution >= 0.6 is 0 Å². The lowest BCUT2D eigenvalue weighted by molar-refractivity contribution is -0.172. The average Bonchev–Trinajstić information content (AvgIpc) is 3.21. The second kappa shape index (κ2) is 9.38. The highest BCUT2D eigenvalue weighted by molar-refractivity contribution is 6.02. The lowest BCUT2D eigenvalue weighted by Crippen LogP contribution is -2.33. The third kappa shape index (κ3) is 4.61. The van der Waals surface area contributed by atoms with E-state index in [9.17, 15) is 19.6 Å². The van der Waals surface area contributed by atoms with Crippen molar-refractivity contribution >= 4 is 45.9 Å². The third-order valence-electron chi connectivity index (χ3n) is 6.18. The van der Waals surface area contributed by atoms with Gasteiger partial charge in [0, 0.05) is 60.7 Å². The standard InChI is InChI=1S/C25H22N6O4/c26-14-16-8-11-30(12-9-16)24-20-13-21(28-15-18(20)7-10-27-24)29-19-3-1-17(2-4-19)25(34)35-31-22(32)5-6-23(31)33/h1-4,7,10,13,15-16H,5-6,8-9,11-12H2,(H,28,29). The van der Waals surface area contributed by atoms with Crippen LogP contribution in [0.15, 0.2) is 48.8 Å². The summed E-state index contributed by atoms with van der Waals surface area (Å²) in [5.74, 6) is -0.244. The Kier molecular flexibility index (Phi) is 5.97. The number of fused-ring (bicyclic) bond motifs is 1. The number of amides is 2. The SMILES string of the molecule is N#CC1CCN(c2nccc3cnc(Nc4ccc(C(=O)ON5C(=O)CCC5=O)cc4)cc23)CC1. The molecule has 0 saturated carbocycles. The fourth-order valence-corrected chi connectivity index (χ4v) is 4.22. The van der Waals surface area contributed by atoms with Crippen molar-refractivity contribution in [3.63, 3.8) is 0 Å². The van der Waals surface area contributed by atoms with E-state index in [1.807, 2.05) is 12.1 Å². The first-order chi connectivity index (χ1) is 17.0. The van der Waals surface area contributed by atoms with Crippen LogP contribution in [0.25, 0.3) is 10.8 Å². The number of nitrogens with zero attached hydrogens (tertiary/aromatic N) is 5. The number of anilines is 3. The molecule has 1 N–H and O–H groups in total. The maximum absolute atomic E-state index is 12.3. The van der Waals surface area contributed by atoms with Gasteiger partial charge in [-0.15, -0.1) is 5.06 Å². The Labute approximate surface area is 201 Å². The number of nitrogens with one attached hydrogen (secondary N) is 1. The van der Waals surface area contributed by atoms with E-state index < -0.39 is 17.8 Å². The summed E-state index contributed by atoms with van der Waals surface area (Å²) < 4.78 is 0. The minimum Gasteiger partial charge on any atom is -0.356 e. The van der Waals surface area contributed by atoms with Gasteiger partial charge < -0.3 is 15.1 Å². The highest BCUT2D eigenvalue weighted by Gasteiger charge is 2.33. The number of hydroxylamine groups is 2. The van der Waals surface area contributed by atoms with Crippen LogP contribution in [0, 0.1) is 17.2 Å². The van der Waals surface area contributed by atoms with E-state index in [0.717, 1.165) is 42.5 Å². The molecule has 0 radical (unpaired) electrons. The zero-order valence-corrected chi connectivity index (χ0v) is 18.8. The molecule has 0 bridgehead atoms. The first-order valence-electron chi connectivity index (χ1n) is 11.4. The number of imide groups is 1. The van der Waals surface area contributed by atoms with Gasteiger partial charge in [0.1, 0.15) is 11.6 Å². The summed E-state index contributed by atoms with van der Waals surface area (Å²) in [6.45, 7) is 1.56. The molecule has 2 aliphatic heterocycles. The van der Waals surface area contributed by atoms with Crippen molar-refractivity contribution in [3.05, 3.63) is 54.4 Å². The number of aromatic nitrogens is 2. The van der Waals surface area contributed by atoms with Crippen LogP contribution in [0.5, 0.6) is 0 Å². The van der Waals surface area contributed by atoms with Gasteiger partial charge in [0.2, 0.25) is 0 Å². The number of hydrogen-bond donors (Lipinski definition) is 1. The summed E-state index contributed by atoms with van der Waals surface area (Å²) >= 11 is 0. The van der Waals surface area contributed by atoms with Crippen LogP contribution in [0.3, 0.4) is 0 Å². The van der Waals surface area contributed by atoms with Gasteiger partial charge in [-0.25, -0.2) is 14.8 Å². The fraction of sp³-hybridized carbons (Fsp3) is 0.280. The van der Waals surface area contributed by atoms with Gasteiger partial charge in [-0.3, -0.25) is 9.59 Å². The first-order valence-corrected chi connectivity index (χ1v) is 11.4. The van der Waals surface area contributed by atoms with Crippen LogP contribution in [0.4, 0.5) is 17.3 Å². The molecule has 0 aliphatic carbocycles. The zero-order valence-electron chi connectivity index (χ0n) is 18.8. The summed E-state index contributed by atoms with van der Waals surface area (Å²) in [6, 6.07) is 12.7. The summed E-state index contributed by atoms with van der Waals surface area (Å²) in [5.41, 5.74) is 0.906. The van der Waals surface area contributed by atoms with Gasteiger partial charge in [0.25, 0.3) is 11.8 Å². The van der Waals surface area contributed by atoms with E-state index >= 15 is 0 Å². The largest absolute Gasteiger partial charge is 0.363 e. The number of piperidine rings is 1. The first kappa shape index (κ1) is 22.3. The maximum atomic E-state index is 12.3. The highest BCUT2D eigenvalue weighted by Crippen LogP contribution is 2.30. The second-order valence-corrected chi connectivity index (χ2v) is 8.48. The number of rotatable bonds is 5. The molecule has 2 amide bonds. The lowest BCUT2D eigenvalue weighted by Gasteiger charge is -2.30. The molecule has 5 rings (SSSR count). The number of carbonyl (C=O) groups is 3. The minimum atomic E-state index is -0.778. The van der Waals surface area contributed by atoms with E-state index in [2.05, 4.69) is 26.3 Å². The van der Waals surface area contributed by atoms with Crippen LogP contribution in [-0.4, -0.2) is 45.9 Å². The van der Waals surface area contributed by atoms with Gasteiger partial charge in [-0.1, -0.05) is 0 Å². The molecule has 3 aromatic rings. The predicted molar refractivity (Wildman–Crippen MR) is 126 cm³/mol. The molecular formula is C25H22N6O4. The Bertz CT molecular complexity index is 1330. The topological polar surface area (TPSA) is 129 Å². The van der Waals surface area contributed by atoms with E-state index in [4.69, 9.17) is 4.84 Å². The Hall–Kier alpha value is -4.52. The number of hydrogen-bond acceptors (Lipinski definition) is 9. The van der Waals surface area contributed by atoms with Gasteiger partial charge in [-0.2, -0.15) is 5.26 Å². The molecule has 0 spiro atoms. The van der Waals surface area contributed by atoms with Crippen LogP contribution < -0.4 is 10.2 Å². The average molecular weight is 470 g/mol. The van der Waals surface area contributed by atoms with Gasteiger partial charge >= 0.3 is 5.97 Å². The molecule has 2 aliphatic rings. The maximum Gasteiger partial charge on any atom is 0.363 e. The molecule has 35 heavy (non-hydrogen) atoms. The van der Waals surface area contributed by atoms with Crippen molar-refractivity contribution < 1.29 is 19.2 Å². The van der Waals surface area contributed by atoms with Gasteiger partial charge in [0.15, 0.2) is 0 Å². The van der Waals surface area contributed by atoms with Gasteiger partial charge in [-0.05, 0) is 49.2 Å². The number of benzene rings is 1. The summed E-state index contributed by atoms with van der Waals surface area (Å²) in [7, 11) is 0. The fourth-order valence-electron chi connectivity index (χ4n) is 4.22. The van der Waals surface area contributed by atoms with Crippen molar-refractivity contribution in [3.8, 4) is 6.07 Å². The molecule has 176 valence electrons. The Morgan fingerprint density at radius 3 is 2.46 bits per heavy atom. The van der Waals surface area contributed by atoms with Crippen LogP contribution in [0.2, 0.25) is 0 Å². The van der Waals surface area contributed by atoms with Crippen molar-refractivity contribution in [2.45, 2.75) is 25.7 Å². The molecule has 2 saturated heterocycles. The summed E-state index contributed by atoms with van der Waals surface area (Å²) in [6.07, 6.45) is 5.27. The van der Waals surface area contributed by atoms with Gasteiger partial charge in [0.05, 0.1) is 11.6 Å². The Balaban J connectivity index is 1.30. The molecule has 2 fully saturated rings. The molecule has 10 nitrogen and oxygen atoms in total. The van der Waals surface area contributed by atoms with Crippen molar-refractivity contribution in [2.24, 2.45) is 5.92 Å². The normalized spacial score (nSPS) is 16.4. The van der Waals surface area contributed by atoms with Crippen molar-refractivity contribution in [1.29, 1.82) is 5.26 Å². The van der Waals surface area contributed by atoms with E-state index in [-0.39, 0.29) is 24.3 Å². The third-order valence-corrected chi connectivity index (χ3v) is 6.18. The van der Waals surface area contributed by atoms with E-state index in [0.29, 0.717) is 16.6 Å². The number of carbonyl (C=O) groups excluding carboxylic acids is 3. The molecule has 2 aromatic heterocycles. The lowest BCUT2D eigenvalue weighted by atomic mass is 9.98. The predicted octanol–water partition coefficient (Wildman–Crippen LogP) is 3.33. The monoisotopic (exact) mass is 470 g/mol. The van der Waals surface area contributed by atoms with E-state index in [1.54, 1.807) is 36.7 Å². The van der Waals surface area contributed by atoms with Crippen molar-refractivity contribution in [1.82, 2.24) is 15.0 Å². The van der Waals surface area contributed by atoms with Crippen molar-refractivity contribution in [2.75, 3.05) is 23.3 Å². The zero-order chi connectivity index (χ0) is 24.4. The van der Waals surface area contributed by atoms with Crippen LogP contribution in [0.1, 0.15) is 36.0 Å². The number of pyridine rings is 2. The van der Waals surface area contributed by atoms with E-state index in [1.165, 1.54) is 0 Å². The quantitative estimate of drug-likeness (QED) is 0.558. The number of nitriles is 1.